The van der Waals surface area contributed by atoms with Crippen LogP contribution in [0.25, 0.3) is 99.6 Å². The quantitative estimate of drug-likeness (QED) is 0.163. The van der Waals surface area contributed by atoms with Gasteiger partial charge in [0.15, 0.2) is 5.82 Å². The van der Waals surface area contributed by atoms with E-state index in [1.807, 2.05) is 6.07 Å². The van der Waals surface area contributed by atoms with Gasteiger partial charge in [-0.2, -0.15) is 0 Å². The lowest BCUT2D eigenvalue weighted by Crippen LogP contribution is -1.97. The molecule has 10 rings (SSSR count). The summed E-state index contributed by atoms with van der Waals surface area (Å²) in [4.78, 5) is 10.4. The summed E-state index contributed by atoms with van der Waals surface area (Å²) in [6, 6.07) is 73.3. The Morgan fingerprint density at radius 3 is 1.30 bits per heavy atom. The molecule has 0 unspecified atom stereocenters. The van der Waals surface area contributed by atoms with Crippen LogP contribution in [0.3, 0.4) is 0 Å². The van der Waals surface area contributed by atoms with Crippen LogP contribution in [0.2, 0.25) is 0 Å². The van der Waals surface area contributed by atoms with Gasteiger partial charge in [-0.05, 0) is 71.8 Å². The number of aromatic nitrogens is 2. The molecule has 1 aromatic heterocycles. The molecule has 0 fully saturated rings. The summed E-state index contributed by atoms with van der Waals surface area (Å²) in [6.45, 7) is 0. The molecular weight excluding hydrogens is 653 g/mol. The molecule has 252 valence electrons. The van der Waals surface area contributed by atoms with Crippen LogP contribution < -0.4 is 0 Å². The summed E-state index contributed by atoms with van der Waals surface area (Å²) in [5, 5.41) is 7.66. The molecule has 9 aromatic carbocycles. The van der Waals surface area contributed by atoms with Gasteiger partial charge in [-0.3, -0.25) is 0 Å². The Kier molecular flexibility index (Phi) is 7.85. The Morgan fingerprint density at radius 2 is 0.648 bits per heavy atom. The molecule has 1 heterocycles. The van der Waals surface area contributed by atoms with Crippen LogP contribution in [0.15, 0.2) is 206 Å². The number of hydrogen-bond acceptors (Lipinski definition) is 2. The first-order valence-electron chi connectivity index (χ1n) is 18.4. The average Bonchev–Trinajstić information content (AvgIpc) is 3.27. The third kappa shape index (κ3) is 5.53. The van der Waals surface area contributed by atoms with Gasteiger partial charge in [0.1, 0.15) is 0 Å². The molecule has 0 spiro atoms. The standard InChI is InChI=1S/C52H34N2/c1-3-16-35(17-4-1)40-21-8-13-26-45(40)50-34-49(37-18-5-2-6-19-37)53-52(54-50)38-32-30-36(31-33-38)39-20-7-9-22-41(39)47-28-15-29-48-44-24-11-10-23-42(44)43-25-12-14-27-46(43)51(47)48/h1-34H. The van der Waals surface area contributed by atoms with Crippen LogP contribution in [0.4, 0.5) is 0 Å². The highest BCUT2D eigenvalue weighted by Crippen LogP contribution is 2.43. The second-order valence-corrected chi connectivity index (χ2v) is 13.7. The van der Waals surface area contributed by atoms with Crippen molar-refractivity contribution in [3.63, 3.8) is 0 Å². The van der Waals surface area contributed by atoms with Gasteiger partial charge >= 0.3 is 0 Å². The lowest BCUT2D eigenvalue weighted by molar-refractivity contribution is 1.18. The van der Waals surface area contributed by atoms with Crippen LogP contribution in [0.1, 0.15) is 0 Å². The second kappa shape index (κ2) is 13.4. The molecule has 0 atom stereocenters. The minimum atomic E-state index is 0.696. The topological polar surface area (TPSA) is 25.8 Å². The Hall–Kier alpha value is -7.16. The first kappa shape index (κ1) is 31.6. The van der Waals surface area contributed by atoms with Gasteiger partial charge in [-0.25, -0.2) is 9.97 Å². The summed E-state index contributed by atoms with van der Waals surface area (Å²) in [6.07, 6.45) is 0. The van der Waals surface area contributed by atoms with Crippen molar-refractivity contribution in [2.24, 2.45) is 0 Å². The highest BCUT2D eigenvalue weighted by molar-refractivity contribution is 6.28. The van der Waals surface area contributed by atoms with E-state index in [1.54, 1.807) is 0 Å². The average molecular weight is 687 g/mol. The molecule has 0 saturated heterocycles. The van der Waals surface area contributed by atoms with E-state index in [4.69, 9.17) is 9.97 Å². The van der Waals surface area contributed by atoms with Gasteiger partial charge in [-0.1, -0.05) is 200 Å². The van der Waals surface area contributed by atoms with Crippen LogP contribution in [-0.2, 0) is 0 Å². The minimum Gasteiger partial charge on any atom is -0.228 e. The van der Waals surface area contributed by atoms with E-state index in [2.05, 4.69) is 200 Å². The number of hydrogen-bond donors (Lipinski definition) is 0. The van der Waals surface area contributed by atoms with E-state index < -0.39 is 0 Å². The van der Waals surface area contributed by atoms with Crippen molar-refractivity contribution in [3.05, 3.63) is 206 Å². The molecule has 0 saturated carbocycles. The van der Waals surface area contributed by atoms with Crippen LogP contribution in [0.5, 0.6) is 0 Å². The molecule has 0 aliphatic heterocycles. The monoisotopic (exact) mass is 686 g/mol. The minimum absolute atomic E-state index is 0.696. The van der Waals surface area contributed by atoms with Crippen molar-refractivity contribution >= 4 is 32.3 Å². The van der Waals surface area contributed by atoms with Crippen molar-refractivity contribution in [3.8, 4) is 67.3 Å². The fourth-order valence-corrected chi connectivity index (χ4v) is 8.00. The molecule has 0 aliphatic rings. The Balaban J connectivity index is 1.11. The van der Waals surface area contributed by atoms with Crippen molar-refractivity contribution in [2.75, 3.05) is 0 Å². The van der Waals surface area contributed by atoms with Gasteiger partial charge in [0.05, 0.1) is 11.4 Å². The summed E-state index contributed by atoms with van der Waals surface area (Å²) in [5.41, 5.74) is 11.9. The molecule has 10 aromatic rings. The van der Waals surface area contributed by atoms with E-state index in [-0.39, 0.29) is 0 Å². The molecule has 0 aliphatic carbocycles. The highest BCUT2D eigenvalue weighted by atomic mass is 14.9. The van der Waals surface area contributed by atoms with E-state index in [0.717, 1.165) is 44.8 Å². The first-order chi connectivity index (χ1) is 26.8. The number of benzene rings is 9. The molecule has 2 heteroatoms. The molecule has 0 N–H and O–H groups in total. The van der Waals surface area contributed by atoms with Crippen molar-refractivity contribution in [1.82, 2.24) is 9.97 Å². The predicted octanol–water partition coefficient (Wildman–Crippen LogP) is 13.9. The lowest BCUT2D eigenvalue weighted by atomic mass is 9.87. The number of nitrogens with zero attached hydrogens (tertiary/aromatic N) is 2. The van der Waals surface area contributed by atoms with E-state index >= 15 is 0 Å². The lowest BCUT2D eigenvalue weighted by Gasteiger charge is -2.17. The van der Waals surface area contributed by atoms with Crippen LogP contribution in [-0.4, -0.2) is 9.97 Å². The number of fused-ring (bicyclic) bond motifs is 6. The predicted molar refractivity (Wildman–Crippen MR) is 227 cm³/mol. The zero-order chi connectivity index (χ0) is 35.8. The summed E-state index contributed by atoms with van der Waals surface area (Å²) in [5.74, 6) is 0.696. The highest BCUT2D eigenvalue weighted by Gasteiger charge is 2.17. The second-order valence-electron chi connectivity index (χ2n) is 13.7. The van der Waals surface area contributed by atoms with Crippen LogP contribution in [0, 0.1) is 0 Å². The SMILES string of the molecule is c1ccc(-c2cc(-c3ccccc3-c3ccccc3)nc(-c3ccc(-c4ccccc4-c4cccc5c6ccccc6c6ccccc6c45)cc3)n2)cc1. The maximum atomic E-state index is 5.23. The fourth-order valence-electron chi connectivity index (χ4n) is 8.00. The molecule has 0 amide bonds. The maximum absolute atomic E-state index is 5.23. The van der Waals surface area contributed by atoms with Gasteiger partial charge in [0.25, 0.3) is 0 Å². The zero-order valence-corrected chi connectivity index (χ0v) is 29.5. The van der Waals surface area contributed by atoms with Crippen molar-refractivity contribution < 1.29 is 0 Å². The molecule has 0 radical (unpaired) electrons. The zero-order valence-electron chi connectivity index (χ0n) is 29.5. The van der Waals surface area contributed by atoms with E-state index in [1.165, 1.54) is 49.0 Å². The first-order valence-corrected chi connectivity index (χ1v) is 18.4. The third-order valence-corrected chi connectivity index (χ3v) is 10.5. The van der Waals surface area contributed by atoms with Crippen LogP contribution >= 0.6 is 0 Å². The largest absolute Gasteiger partial charge is 0.228 e. The summed E-state index contributed by atoms with van der Waals surface area (Å²) < 4.78 is 0. The normalized spacial score (nSPS) is 11.3. The Bertz CT molecular complexity index is 2920. The molecule has 54 heavy (non-hydrogen) atoms. The fraction of sp³-hybridized carbons (Fsp3) is 0. The Labute approximate surface area is 314 Å². The summed E-state index contributed by atoms with van der Waals surface area (Å²) >= 11 is 0. The van der Waals surface area contributed by atoms with E-state index in [9.17, 15) is 0 Å². The number of rotatable bonds is 6. The van der Waals surface area contributed by atoms with Gasteiger partial charge in [0, 0.05) is 16.7 Å². The molecule has 2 nitrogen and oxygen atoms in total. The molecule has 0 bridgehead atoms. The van der Waals surface area contributed by atoms with Gasteiger partial charge in [0.2, 0.25) is 0 Å². The third-order valence-electron chi connectivity index (χ3n) is 10.5. The molecular formula is C52H34N2. The summed E-state index contributed by atoms with van der Waals surface area (Å²) in [7, 11) is 0. The Morgan fingerprint density at radius 1 is 0.241 bits per heavy atom. The maximum Gasteiger partial charge on any atom is 0.160 e. The smallest absolute Gasteiger partial charge is 0.160 e. The van der Waals surface area contributed by atoms with Gasteiger partial charge in [-0.15, -0.1) is 0 Å². The van der Waals surface area contributed by atoms with Crippen molar-refractivity contribution in [1.29, 1.82) is 0 Å². The van der Waals surface area contributed by atoms with E-state index in [0.29, 0.717) is 5.82 Å². The van der Waals surface area contributed by atoms with Crippen molar-refractivity contribution in [2.45, 2.75) is 0 Å². The van der Waals surface area contributed by atoms with Gasteiger partial charge < -0.3 is 0 Å².